The molecule has 0 radical (unpaired) electrons. The van der Waals surface area contributed by atoms with Crippen molar-refractivity contribution in [1.82, 2.24) is 5.06 Å². The first-order chi connectivity index (χ1) is 13.1. The van der Waals surface area contributed by atoms with E-state index in [0.29, 0.717) is 5.56 Å². The van der Waals surface area contributed by atoms with E-state index in [4.69, 9.17) is 13.9 Å². The Morgan fingerprint density at radius 1 is 1.04 bits per heavy atom. The molecule has 1 aromatic rings. The zero-order chi connectivity index (χ0) is 21.0. The van der Waals surface area contributed by atoms with Crippen molar-refractivity contribution < 1.29 is 23.2 Å². The summed E-state index contributed by atoms with van der Waals surface area (Å²) in [5, 5.41) is 1.83. The van der Waals surface area contributed by atoms with E-state index in [-0.39, 0.29) is 24.3 Å². The zero-order valence-electron chi connectivity index (χ0n) is 17.9. The lowest BCUT2D eigenvalue weighted by atomic mass is 9.82. The van der Waals surface area contributed by atoms with Gasteiger partial charge in [-0.3, -0.25) is 14.2 Å². The van der Waals surface area contributed by atoms with Crippen molar-refractivity contribution in [1.29, 1.82) is 0 Å². The van der Waals surface area contributed by atoms with Crippen molar-refractivity contribution in [3.8, 4) is 0 Å². The van der Waals surface area contributed by atoms with Gasteiger partial charge >= 0.3 is 7.60 Å². The lowest BCUT2D eigenvalue weighted by molar-refractivity contribution is -0.284. The summed E-state index contributed by atoms with van der Waals surface area (Å²) >= 11 is 0. The third kappa shape index (κ3) is 5.11. The molecule has 6 nitrogen and oxygen atoms in total. The average molecular weight is 411 g/mol. The summed E-state index contributed by atoms with van der Waals surface area (Å²) in [5.41, 5.74) is -0.222. The van der Waals surface area contributed by atoms with E-state index in [0.717, 1.165) is 19.3 Å². The average Bonchev–Trinajstić information content (AvgIpc) is 2.61. The van der Waals surface area contributed by atoms with Gasteiger partial charge in [-0.2, -0.15) is 5.06 Å². The van der Waals surface area contributed by atoms with Gasteiger partial charge in [-0.05, 0) is 60.8 Å². The van der Waals surface area contributed by atoms with Crippen molar-refractivity contribution in [2.75, 3.05) is 13.2 Å². The van der Waals surface area contributed by atoms with Crippen molar-refractivity contribution >= 4 is 13.4 Å². The van der Waals surface area contributed by atoms with Crippen molar-refractivity contribution in [2.45, 2.75) is 77.7 Å². The first kappa shape index (κ1) is 23.2. The summed E-state index contributed by atoms with van der Waals surface area (Å²) in [6.07, 6.45) is 2.89. The molecule has 1 saturated heterocycles. The van der Waals surface area contributed by atoms with Crippen LogP contribution in [-0.2, 0) is 18.5 Å². The van der Waals surface area contributed by atoms with Gasteiger partial charge in [-0.25, -0.2) is 0 Å². The number of hydroxylamine groups is 2. The van der Waals surface area contributed by atoms with Crippen LogP contribution >= 0.6 is 7.60 Å². The molecule has 158 valence electrons. The van der Waals surface area contributed by atoms with Gasteiger partial charge in [0.15, 0.2) is 0 Å². The number of nitrogens with zero attached hydrogens (tertiary/aromatic N) is 1. The number of carbonyl (C=O) groups is 1. The highest BCUT2D eigenvalue weighted by Gasteiger charge is 2.50. The Balaban J connectivity index is 2.48. The van der Waals surface area contributed by atoms with Gasteiger partial charge in [0.2, 0.25) is 11.6 Å². The molecule has 7 heteroatoms. The van der Waals surface area contributed by atoms with Crippen LogP contribution in [0.25, 0.3) is 0 Å². The molecule has 2 rings (SSSR count). The quantitative estimate of drug-likeness (QED) is 0.398. The Labute approximate surface area is 169 Å². The van der Waals surface area contributed by atoms with E-state index < -0.39 is 19.2 Å². The number of Topliss-reactive ketones (excluding diaryl/α,β-unsaturated/α-hetero) is 1. The molecule has 1 aliphatic heterocycles. The molecule has 1 heterocycles. The van der Waals surface area contributed by atoms with E-state index in [1.54, 1.807) is 38.1 Å². The molecular weight excluding hydrogens is 377 g/mol. The second-order valence-electron chi connectivity index (χ2n) is 8.34. The number of carbonyl (C=O) groups excluding carboxylic acids is 1. The SMILES string of the molecule is CCOP(=O)(OCC)C(ON1C(C)(C)CCCC1(C)C)C(=O)c1ccccc1. The highest BCUT2D eigenvalue weighted by atomic mass is 31.2. The molecule has 0 saturated carbocycles. The molecule has 1 atom stereocenters. The summed E-state index contributed by atoms with van der Waals surface area (Å²) in [7, 11) is -3.84. The molecule has 0 aliphatic carbocycles. The van der Waals surface area contributed by atoms with E-state index in [1.807, 2.05) is 11.1 Å². The van der Waals surface area contributed by atoms with Gasteiger partial charge < -0.3 is 9.05 Å². The summed E-state index contributed by atoms with van der Waals surface area (Å²) in [6, 6.07) is 8.74. The van der Waals surface area contributed by atoms with Crippen LogP contribution in [0.15, 0.2) is 30.3 Å². The standard InChI is InChI=1S/C21H34NO5P/c1-7-25-28(24,26-8-2)19(18(23)17-13-10-9-11-14-17)27-22-20(3,4)15-12-16-21(22,5)6/h9-11,13-14,19H,7-8,12,15-16H2,1-6H3. The maximum Gasteiger partial charge on any atom is 0.369 e. The molecule has 1 aliphatic rings. The summed E-state index contributed by atoms with van der Waals surface area (Å²) < 4.78 is 24.6. The first-order valence-corrected chi connectivity index (χ1v) is 11.6. The van der Waals surface area contributed by atoms with Gasteiger partial charge in [0.1, 0.15) is 0 Å². The fraction of sp³-hybridized carbons (Fsp3) is 0.667. The lowest BCUT2D eigenvalue weighted by Gasteiger charge is -2.52. The molecule has 1 fully saturated rings. The minimum absolute atomic E-state index is 0.159. The Hall–Kier alpha value is -1.04. The van der Waals surface area contributed by atoms with Crippen molar-refractivity contribution in [2.24, 2.45) is 0 Å². The zero-order valence-corrected chi connectivity index (χ0v) is 18.8. The maximum atomic E-state index is 13.6. The van der Waals surface area contributed by atoms with E-state index in [1.165, 1.54) is 0 Å². The molecule has 0 spiro atoms. The van der Waals surface area contributed by atoms with Crippen LogP contribution < -0.4 is 0 Å². The monoisotopic (exact) mass is 411 g/mol. The number of rotatable bonds is 9. The smallest absolute Gasteiger partial charge is 0.307 e. The van der Waals surface area contributed by atoms with E-state index in [9.17, 15) is 9.36 Å². The molecule has 0 aromatic heterocycles. The van der Waals surface area contributed by atoms with Crippen LogP contribution in [0, 0.1) is 0 Å². The fourth-order valence-corrected chi connectivity index (χ4v) is 5.60. The Morgan fingerprint density at radius 3 is 2.00 bits per heavy atom. The number of ketones is 1. The molecule has 0 amide bonds. The van der Waals surface area contributed by atoms with Crippen LogP contribution in [0.2, 0.25) is 0 Å². The van der Waals surface area contributed by atoms with Crippen molar-refractivity contribution in [3.63, 3.8) is 0 Å². The third-order valence-electron chi connectivity index (χ3n) is 5.07. The first-order valence-electron chi connectivity index (χ1n) is 10.0. The third-order valence-corrected chi connectivity index (χ3v) is 7.21. The number of piperidine rings is 1. The number of hydrogen-bond donors (Lipinski definition) is 0. The van der Waals surface area contributed by atoms with Crippen LogP contribution in [0.5, 0.6) is 0 Å². The van der Waals surface area contributed by atoms with E-state index >= 15 is 0 Å². The molecule has 1 unspecified atom stereocenters. The Kier molecular flexibility index (Phi) is 7.62. The van der Waals surface area contributed by atoms with Gasteiger partial charge in [-0.15, -0.1) is 0 Å². The highest BCUT2D eigenvalue weighted by Crippen LogP contribution is 2.56. The fourth-order valence-electron chi connectivity index (χ4n) is 3.89. The van der Waals surface area contributed by atoms with Gasteiger partial charge in [0, 0.05) is 16.6 Å². The topological polar surface area (TPSA) is 65.1 Å². The van der Waals surface area contributed by atoms with Crippen molar-refractivity contribution in [3.05, 3.63) is 35.9 Å². The van der Waals surface area contributed by atoms with Crippen LogP contribution in [0.3, 0.4) is 0 Å². The normalized spacial score (nSPS) is 20.6. The largest absolute Gasteiger partial charge is 0.369 e. The van der Waals surface area contributed by atoms with Gasteiger partial charge in [0.05, 0.1) is 13.2 Å². The predicted molar refractivity (Wildman–Crippen MR) is 110 cm³/mol. The highest BCUT2D eigenvalue weighted by molar-refractivity contribution is 7.55. The number of hydrogen-bond acceptors (Lipinski definition) is 6. The second kappa shape index (κ2) is 9.19. The minimum Gasteiger partial charge on any atom is -0.307 e. The van der Waals surface area contributed by atoms with Gasteiger partial charge in [0.25, 0.3) is 0 Å². The molecule has 0 bridgehead atoms. The summed E-state index contributed by atoms with van der Waals surface area (Å²) in [4.78, 5) is 19.6. The minimum atomic E-state index is -3.84. The van der Waals surface area contributed by atoms with Gasteiger partial charge in [-0.1, -0.05) is 30.3 Å². The summed E-state index contributed by atoms with van der Waals surface area (Å²) in [5.74, 6) is -1.76. The second-order valence-corrected chi connectivity index (χ2v) is 10.4. The van der Waals surface area contributed by atoms with Crippen LogP contribution in [0.4, 0.5) is 0 Å². The molecule has 28 heavy (non-hydrogen) atoms. The maximum absolute atomic E-state index is 13.6. The number of benzene rings is 1. The Bertz CT molecular complexity index is 678. The van der Waals surface area contributed by atoms with Crippen LogP contribution in [-0.4, -0.2) is 41.0 Å². The molecular formula is C21H34NO5P. The summed E-state index contributed by atoms with van der Waals surface area (Å²) in [6.45, 7) is 12.1. The Morgan fingerprint density at radius 2 is 1.54 bits per heavy atom. The predicted octanol–water partition coefficient (Wildman–Crippen LogP) is 5.44. The molecule has 1 aromatic carbocycles. The lowest BCUT2D eigenvalue weighted by Crippen LogP contribution is -2.59. The molecule has 0 N–H and O–H groups in total. The van der Waals surface area contributed by atoms with Crippen LogP contribution in [0.1, 0.15) is 71.2 Å². The van der Waals surface area contributed by atoms with E-state index in [2.05, 4.69) is 27.7 Å².